The molecule has 1 heterocycles. The van der Waals surface area contributed by atoms with E-state index in [1.165, 1.54) is 18.2 Å². The number of benzene rings is 2. The number of ether oxygens (including phenoxy) is 1. The molecule has 0 fully saturated rings. The van der Waals surface area contributed by atoms with Crippen molar-refractivity contribution >= 4 is 23.3 Å². The summed E-state index contributed by atoms with van der Waals surface area (Å²) in [6.45, 7) is 1.33. The number of carbonyl (C=O) groups excluding carboxylic acids is 1. The third-order valence-corrected chi connectivity index (χ3v) is 3.78. The topological polar surface area (TPSA) is 108 Å². The highest BCUT2D eigenvalue weighted by Crippen LogP contribution is 2.21. The number of aryl methyl sites for hydroxylation is 1. The van der Waals surface area contributed by atoms with E-state index in [0.29, 0.717) is 22.0 Å². The Labute approximate surface area is 152 Å². The van der Waals surface area contributed by atoms with Gasteiger partial charge in [-0.2, -0.15) is 4.98 Å². The molecule has 9 heteroatoms. The molecule has 3 rings (SSSR count). The van der Waals surface area contributed by atoms with Crippen LogP contribution < -0.4 is 0 Å². The highest BCUT2D eigenvalue weighted by molar-refractivity contribution is 6.30. The lowest BCUT2D eigenvalue weighted by molar-refractivity contribution is -0.385. The summed E-state index contributed by atoms with van der Waals surface area (Å²) < 4.78 is 10.2. The Hall–Kier alpha value is -3.26. The number of hydrogen-bond acceptors (Lipinski definition) is 7. The summed E-state index contributed by atoms with van der Waals surface area (Å²) in [7, 11) is 0. The van der Waals surface area contributed by atoms with Gasteiger partial charge in [-0.1, -0.05) is 16.8 Å². The first-order valence-corrected chi connectivity index (χ1v) is 7.82. The van der Waals surface area contributed by atoms with Gasteiger partial charge in [0.05, 0.1) is 10.5 Å². The minimum Gasteiger partial charge on any atom is -0.452 e. The van der Waals surface area contributed by atoms with Gasteiger partial charge in [0.15, 0.2) is 6.61 Å². The van der Waals surface area contributed by atoms with Crippen LogP contribution in [0, 0.1) is 17.0 Å². The van der Waals surface area contributed by atoms with Crippen LogP contribution in [0.5, 0.6) is 0 Å². The van der Waals surface area contributed by atoms with Crippen molar-refractivity contribution in [1.82, 2.24) is 10.1 Å². The van der Waals surface area contributed by atoms with E-state index in [0.717, 1.165) is 0 Å². The fourth-order valence-electron chi connectivity index (χ4n) is 2.23. The molecular formula is C17H12ClN3O5. The molecule has 0 unspecified atom stereocenters. The van der Waals surface area contributed by atoms with E-state index in [2.05, 4.69) is 10.1 Å². The van der Waals surface area contributed by atoms with E-state index >= 15 is 0 Å². The predicted octanol–water partition coefficient (Wildman–Crippen LogP) is 3.96. The van der Waals surface area contributed by atoms with Crippen LogP contribution in [0.4, 0.5) is 5.69 Å². The van der Waals surface area contributed by atoms with Gasteiger partial charge in [-0.3, -0.25) is 10.1 Å². The van der Waals surface area contributed by atoms with Crippen LogP contribution >= 0.6 is 11.6 Å². The molecule has 0 spiro atoms. The van der Waals surface area contributed by atoms with Gasteiger partial charge in [-0.05, 0) is 43.3 Å². The lowest BCUT2D eigenvalue weighted by Crippen LogP contribution is -2.06. The first-order valence-electron chi connectivity index (χ1n) is 7.45. The summed E-state index contributed by atoms with van der Waals surface area (Å²) in [5.74, 6) is -0.171. The van der Waals surface area contributed by atoms with Crippen molar-refractivity contribution in [3.63, 3.8) is 0 Å². The molecule has 0 N–H and O–H groups in total. The molecule has 2 aromatic carbocycles. The largest absolute Gasteiger partial charge is 0.452 e. The Balaban J connectivity index is 1.66. The SMILES string of the molecule is Cc1cc(C(=O)OCc2nc(-c3ccc(Cl)cc3)no2)ccc1[N+](=O)[O-]. The van der Waals surface area contributed by atoms with Crippen molar-refractivity contribution < 1.29 is 19.0 Å². The summed E-state index contributed by atoms with van der Waals surface area (Å²) in [6, 6.07) is 10.9. The Morgan fingerprint density at radius 1 is 1.27 bits per heavy atom. The molecule has 1 aromatic heterocycles. The van der Waals surface area contributed by atoms with Crippen LogP contribution in [0.15, 0.2) is 47.0 Å². The number of halogens is 1. The maximum absolute atomic E-state index is 12.1. The van der Waals surface area contributed by atoms with E-state index in [1.807, 2.05) is 0 Å². The third kappa shape index (κ3) is 3.86. The third-order valence-electron chi connectivity index (χ3n) is 3.53. The first kappa shape index (κ1) is 17.6. The number of rotatable bonds is 5. The minimum absolute atomic E-state index is 0.0638. The van der Waals surface area contributed by atoms with Crippen LogP contribution in [0.1, 0.15) is 21.8 Å². The zero-order valence-electron chi connectivity index (χ0n) is 13.5. The van der Waals surface area contributed by atoms with Crippen LogP contribution in [0.25, 0.3) is 11.4 Å². The second-order valence-electron chi connectivity index (χ2n) is 5.35. The molecule has 0 bridgehead atoms. The molecule has 0 saturated carbocycles. The van der Waals surface area contributed by atoms with Crippen molar-refractivity contribution in [2.24, 2.45) is 0 Å². The molecule has 0 amide bonds. The highest BCUT2D eigenvalue weighted by atomic mass is 35.5. The monoisotopic (exact) mass is 373 g/mol. The van der Waals surface area contributed by atoms with Crippen LogP contribution in [0.2, 0.25) is 5.02 Å². The Bertz CT molecular complexity index is 969. The van der Waals surface area contributed by atoms with Crippen molar-refractivity contribution in [3.8, 4) is 11.4 Å². The van der Waals surface area contributed by atoms with Gasteiger partial charge in [0.25, 0.3) is 11.6 Å². The lowest BCUT2D eigenvalue weighted by Gasteiger charge is -2.03. The molecular weight excluding hydrogens is 362 g/mol. The fourth-order valence-corrected chi connectivity index (χ4v) is 2.35. The lowest BCUT2D eigenvalue weighted by atomic mass is 10.1. The van der Waals surface area contributed by atoms with Gasteiger partial charge >= 0.3 is 5.97 Å². The van der Waals surface area contributed by atoms with Gasteiger partial charge in [0.1, 0.15) is 0 Å². The molecule has 0 aliphatic rings. The van der Waals surface area contributed by atoms with Crippen molar-refractivity contribution in [2.75, 3.05) is 0 Å². The van der Waals surface area contributed by atoms with Gasteiger partial charge < -0.3 is 9.26 Å². The summed E-state index contributed by atoms with van der Waals surface area (Å²) in [4.78, 5) is 26.5. The number of nitrogens with zero attached hydrogens (tertiary/aromatic N) is 3. The second kappa shape index (κ2) is 7.32. The first-order chi connectivity index (χ1) is 12.4. The average Bonchev–Trinajstić information content (AvgIpc) is 3.09. The highest BCUT2D eigenvalue weighted by Gasteiger charge is 2.16. The maximum Gasteiger partial charge on any atom is 0.338 e. The molecule has 8 nitrogen and oxygen atoms in total. The summed E-state index contributed by atoms with van der Waals surface area (Å²) >= 11 is 5.83. The van der Waals surface area contributed by atoms with E-state index in [1.54, 1.807) is 31.2 Å². The zero-order valence-corrected chi connectivity index (χ0v) is 14.3. The molecule has 3 aromatic rings. The summed E-state index contributed by atoms with van der Waals surface area (Å²) in [5.41, 5.74) is 1.21. The standard InChI is InChI=1S/C17H12ClN3O5/c1-10-8-12(4-7-14(10)21(23)24)17(22)25-9-15-19-16(20-26-15)11-2-5-13(18)6-3-11/h2-8H,9H2,1H3. The number of esters is 1. The van der Waals surface area contributed by atoms with Crippen molar-refractivity contribution in [2.45, 2.75) is 13.5 Å². The molecule has 0 saturated heterocycles. The zero-order chi connectivity index (χ0) is 18.7. The van der Waals surface area contributed by atoms with Crippen LogP contribution in [-0.2, 0) is 11.3 Å². The summed E-state index contributed by atoms with van der Waals surface area (Å²) in [5, 5.41) is 15.2. The normalized spacial score (nSPS) is 10.5. The molecule has 0 atom stereocenters. The Morgan fingerprint density at radius 3 is 2.65 bits per heavy atom. The van der Waals surface area contributed by atoms with Crippen LogP contribution in [0.3, 0.4) is 0 Å². The molecule has 0 radical (unpaired) electrons. The number of carbonyl (C=O) groups is 1. The second-order valence-corrected chi connectivity index (χ2v) is 5.79. The van der Waals surface area contributed by atoms with E-state index in [4.69, 9.17) is 20.9 Å². The Morgan fingerprint density at radius 2 is 2.00 bits per heavy atom. The van der Waals surface area contributed by atoms with E-state index in [9.17, 15) is 14.9 Å². The molecule has 132 valence electrons. The van der Waals surface area contributed by atoms with Gasteiger partial charge in [-0.15, -0.1) is 0 Å². The maximum atomic E-state index is 12.1. The number of aromatic nitrogens is 2. The van der Waals surface area contributed by atoms with Gasteiger partial charge in [0.2, 0.25) is 5.82 Å². The quantitative estimate of drug-likeness (QED) is 0.378. The number of nitro benzene ring substituents is 1. The average molecular weight is 374 g/mol. The van der Waals surface area contributed by atoms with Crippen LogP contribution in [-0.4, -0.2) is 21.0 Å². The molecule has 0 aliphatic carbocycles. The molecule has 26 heavy (non-hydrogen) atoms. The van der Waals surface area contributed by atoms with Crippen molar-refractivity contribution in [3.05, 3.63) is 74.6 Å². The number of nitro groups is 1. The van der Waals surface area contributed by atoms with Crippen molar-refractivity contribution in [1.29, 1.82) is 0 Å². The fraction of sp³-hybridized carbons (Fsp3) is 0.118. The smallest absolute Gasteiger partial charge is 0.338 e. The molecule has 0 aliphatic heterocycles. The van der Waals surface area contributed by atoms with Gasteiger partial charge in [-0.25, -0.2) is 4.79 Å². The predicted molar refractivity (Wildman–Crippen MR) is 91.7 cm³/mol. The Kier molecular flexibility index (Phi) is 4.94. The van der Waals surface area contributed by atoms with E-state index < -0.39 is 10.9 Å². The van der Waals surface area contributed by atoms with Gasteiger partial charge in [0, 0.05) is 22.2 Å². The minimum atomic E-state index is -0.644. The number of hydrogen-bond donors (Lipinski definition) is 0. The summed E-state index contributed by atoms with van der Waals surface area (Å²) in [6.07, 6.45) is 0. The van der Waals surface area contributed by atoms with E-state index in [-0.39, 0.29) is 23.7 Å².